The highest BCUT2D eigenvalue weighted by atomic mass is 35.5. The fourth-order valence-corrected chi connectivity index (χ4v) is 16.7. The summed E-state index contributed by atoms with van der Waals surface area (Å²) in [5, 5.41) is 23.9. The fourth-order valence-electron chi connectivity index (χ4n) is 6.01. The van der Waals surface area contributed by atoms with Crippen LogP contribution in [0.2, 0.25) is 33.2 Å². The number of alkyl halides is 2. The number of halogens is 2. The summed E-state index contributed by atoms with van der Waals surface area (Å²) in [6, 6.07) is 0. The van der Waals surface area contributed by atoms with Gasteiger partial charge in [0.2, 0.25) is 11.2 Å². The van der Waals surface area contributed by atoms with E-state index in [1.807, 2.05) is 0 Å². The molecule has 0 saturated carbocycles. The van der Waals surface area contributed by atoms with Crippen LogP contribution in [0.3, 0.4) is 0 Å². The molecule has 0 amide bonds. The first-order valence-corrected chi connectivity index (χ1v) is 18.6. The van der Waals surface area contributed by atoms with Crippen molar-refractivity contribution in [3.63, 3.8) is 0 Å². The predicted octanol–water partition coefficient (Wildman–Crippen LogP) is 7.38. The lowest BCUT2D eigenvalue weighted by molar-refractivity contribution is -0.00307. The second kappa shape index (κ2) is 14.4. The molecule has 0 aromatic carbocycles. The summed E-state index contributed by atoms with van der Waals surface area (Å²) in [6.07, 6.45) is 0. The number of hydrogen-bond acceptors (Lipinski definition) is 2. The van der Waals surface area contributed by atoms with Gasteiger partial charge in [-0.3, -0.25) is 0 Å². The van der Waals surface area contributed by atoms with E-state index in [-0.39, 0.29) is 11.8 Å². The maximum absolute atomic E-state index is 11.9. The average Bonchev–Trinajstić information content (AvgIpc) is 2.75. The second-order valence-corrected chi connectivity index (χ2v) is 23.3. The Balaban J connectivity index is 7.59. The molecule has 202 valence electrons. The first-order valence-electron chi connectivity index (χ1n) is 13.1. The molecule has 0 aliphatic rings. The molecular formula is C30H48Cl2O2Si2. The summed E-state index contributed by atoms with van der Waals surface area (Å²) in [4.78, 5) is 0. The molecule has 0 radical (unpaired) electrons. The van der Waals surface area contributed by atoms with Gasteiger partial charge in [-0.2, -0.15) is 0 Å². The van der Waals surface area contributed by atoms with Gasteiger partial charge in [-0.15, -0.1) is 34.3 Å². The normalized spacial score (nSPS) is 15.4. The van der Waals surface area contributed by atoms with Crippen molar-refractivity contribution in [3.05, 3.63) is 0 Å². The summed E-state index contributed by atoms with van der Waals surface area (Å²) in [6.45, 7) is 26.3. The van der Waals surface area contributed by atoms with Gasteiger partial charge in [-0.1, -0.05) is 107 Å². The predicted molar refractivity (Wildman–Crippen MR) is 165 cm³/mol. The monoisotopic (exact) mass is 566 g/mol. The Morgan fingerprint density at radius 3 is 0.889 bits per heavy atom. The SMILES string of the molecule is CC(C)[Si](C#C[C@](O)(C#CCCl)[C@](O)(C#CCCl)C#C[Si](C(C)C)(C(C)C)C(C)C)(C(C)C)C(C)C. The first kappa shape index (κ1) is 35.2. The Bertz CT molecular complexity index is 848. The van der Waals surface area contributed by atoms with E-state index in [1.54, 1.807) is 0 Å². The third-order valence-electron chi connectivity index (χ3n) is 7.85. The highest BCUT2D eigenvalue weighted by molar-refractivity contribution is 6.91. The Morgan fingerprint density at radius 1 is 0.500 bits per heavy atom. The zero-order chi connectivity index (χ0) is 28.5. The maximum Gasteiger partial charge on any atom is 0.240 e. The number of hydrogen-bond donors (Lipinski definition) is 2. The molecule has 2 nitrogen and oxygen atoms in total. The van der Waals surface area contributed by atoms with Gasteiger partial charge in [0.05, 0.1) is 11.8 Å². The van der Waals surface area contributed by atoms with Gasteiger partial charge in [-0.05, 0) is 45.1 Å². The third kappa shape index (κ3) is 7.39. The van der Waals surface area contributed by atoms with Crippen LogP contribution in [0.5, 0.6) is 0 Å². The lowest BCUT2D eigenvalue weighted by atomic mass is 9.84. The van der Waals surface area contributed by atoms with E-state index in [9.17, 15) is 10.2 Å². The smallest absolute Gasteiger partial charge is 0.240 e. The molecule has 0 saturated heterocycles. The molecule has 0 rings (SSSR count). The largest absolute Gasteiger partial charge is 0.363 e. The quantitative estimate of drug-likeness (QED) is 0.192. The van der Waals surface area contributed by atoms with E-state index >= 15 is 0 Å². The van der Waals surface area contributed by atoms with Crippen LogP contribution >= 0.6 is 23.2 Å². The molecule has 0 bridgehead atoms. The standard InChI is InChI=1S/C30H48Cl2O2Si2/c1-23(2)35(24(3)4,25(5)6)21-17-29(33,15-13-19-31)30(34,16-14-20-32)18-22-36(26(7)8,27(9)10)28(11)12/h23-28,33-34H,19-20H2,1-12H3/t29-,30+. The average molecular weight is 568 g/mol. The topological polar surface area (TPSA) is 40.5 Å². The van der Waals surface area contributed by atoms with Crippen molar-refractivity contribution in [2.45, 2.75) is 128 Å². The summed E-state index contributed by atoms with van der Waals surface area (Å²) in [5.41, 5.74) is 4.65. The fraction of sp³-hybridized carbons (Fsp3) is 0.733. The molecule has 0 unspecified atom stereocenters. The molecule has 0 aromatic heterocycles. The maximum atomic E-state index is 11.9. The first-order chi connectivity index (χ1) is 16.4. The van der Waals surface area contributed by atoms with Crippen molar-refractivity contribution in [2.24, 2.45) is 0 Å². The highest BCUT2D eigenvalue weighted by Gasteiger charge is 2.49. The van der Waals surface area contributed by atoms with Gasteiger partial charge in [-0.25, -0.2) is 0 Å². The van der Waals surface area contributed by atoms with Crippen molar-refractivity contribution < 1.29 is 10.2 Å². The van der Waals surface area contributed by atoms with Gasteiger partial charge < -0.3 is 10.2 Å². The van der Waals surface area contributed by atoms with Crippen LogP contribution in [0.25, 0.3) is 0 Å². The van der Waals surface area contributed by atoms with Crippen molar-refractivity contribution in [2.75, 3.05) is 11.8 Å². The van der Waals surface area contributed by atoms with E-state index in [4.69, 9.17) is 23.2 Å². The van der Waals surface area contributed by atoms with Gasteiger partial charge in [0, 0.05) is 0 Å². The minimum Gasteiger partial charge on any atom is -0.363 e. The second-order valence-electron chi connectivity index (χ2n) is 11.6. The van der Waals surface area contributed by atoms with Gasteiger partial charge in [0.15, 0.2) is 0 Å². The van der Waals surface area contributed by atoms with Crippen LogP contribution in [0.15, 0.2) is 0 Å². The molecule has 0 aromatic rings. The van der Waals surface area contributed by atoms with Crippen LogP contribution in [-0.4, -0.2) is 49.3 Å². The third-order valence-corrected chi connectivity index (χ3v) is 20.7. The van der Waals surface area contributed by atoms with Crippen molar-refractivity contribution >= 4 is 39.3 Å². The van der Waals surface area contributed by atoms with Gasteiger partial charge in [0.1, 0.15) is 16.1 Å². The number of aliphatic hydroxyl groups is 2. The van der Waals surface area contributed by atoms with Crippen LogP contribution < -0.4 is 0 Å². The van der Waals surface area contributed by atoms with Crippen molar-refractivity contribution in [1.82, 2.24) is 0 Å². The molecule has 2 atom stereocenters. The molecule has 36 heavy (non-hydrogen) atoms. The van der Waals surface area contributed by atoms with Crippen LogP contribution in [-0.2, 0) is 0 Å². The van der Waals surface area contributed by atoms with Crippen molar-refractivity contribution in [3.8, 4) is 46.6 Å². The van der Waals surface area contributed by atoms with Crippen LogP contribution in [0.4, 0.5) is 0 Å². The minimum atomic E-state index is -2.25. The van der Waals surface area contributed by atoms with E-state index in [0.717, 1.165) is 0 Å². The molecule has 0 heterocycles. The van der Waals surface area contributed by atoms with Gasteiger partial charge in [0.25, 0.3) is 0 Å². The van der Waals surface area contributed by atoms with Crippen molar-refractivity contribution in [1.29, 1.82) is 0 Å². The summed E-state index contributed by atoms with van der Waals surface area (Å²) >= 11 is 11.8. The summed E-state index contributed by atoms with van der Waals surface area (Å²) in [7, 11) is -4.49. The molecule has 0 aliphatic heterocycles. The summed E-state index contributed by atoms with van der Waals surface area (Å²) < 4.78 is 0. The zero-order valence-corrected chi connectivity index (χ0v) is 28.0. The van der Waals surface area contributed by atoms with Crippen LogP contribution in [0, 0.1) is 46.6 Å². The molecule has 0 fully saturated rings. The van der Waals surface area contributed by atoms with E-state index in [0.29, 0.717) is 33.2 Å². The lowest BCUT2D eigenvalue weighted by Crippen LogP contribution is -2.53. The number of rotatable bonds is 7. The van der Waals surface area contributed by atoms with E-state index in [2.05, 4.69) is 130 Å². The minimum absolute atomic E-state index is 0.0137. The van der Waals surface area contributed by atoms with Crippen LogP contribution in [0.1, 0.15) is 83.1 Å². The molecule has 6 heteroatoms. The zero-order valence-electron chi connectivity index (χ0n) is 24.5. The molecule has 2 N–H and O–H groups in total. The highest BCUT2D eigenvalue weighted by Crippen LogP contribution is 2.42. The van der Waals surface area contributed by atoms with E-state index in [1.165, 1.54) is 0 Å². The molecular weight excluding hydrogens is 519 g/mol. The molecule has 0 spiro atoms. The molecule has 0 aliphatic carbocycles. The van der Waals surface area contributed by atoms with E-state index < -0.39 is 27.3 Å². The lowest BCUT2D eigenvalue weighted by Gasteiger charge is -2.39. The Morgan fingerprint density at radius 2 is 0.722 bits per heavy atom. The Labute approximate surface area is 234 Å². The Kier molecular flexibility index (Phi) is 14.0. The summed E-state index contributed by atoms with van der Waals surface area (Å²) in [5.74, 6) is 17.0. The Hall–Kier alpha value is -0.826. The van der Waals surface area contributed by atoms with Gasteiger partial charge >= 0.3 is 0 Å².